The highest BCUT2D eigenvalue weighted by molar-refractivity contribution is 8.00. The van der Waals surface area contributed by atoms with Crippen LogP contribution in [0.1, 0.15) is 12.0 Å². The Morgan fingerprint density at radius 1 is 1.54 bits per heavy atom. The molecule has 1 aliphatic rings. The molecule has 0 fully saturated rings. The summed E-state index contributed by atoms with van der Waals surface area (Å²) in [5.41, 5.74) is 6.96. The predicted molar refractivity (Wildman–Crippen MR) is 61.2 cm³/mol. The molecule has 1 aromatic carbocycles. The highest BCUT2D eigenvalue weighted by Gasteiger charge is 2.21. The molecule has 2 rings (SSSR count). The second-order valence-electron chi connectivity index (χ2n) is 3.22. The summed E-state index contributed by atoms with van der Waals surface area (Å²) in [6.07, 6.45) is 1.97. The summed E-state index contributed by atoms with van der Waals surface area (Å²) >= 11 is 6.80. The van der Waals surface area contributed by atoms with E-state index in [0.717, 1.165) is 12.8 Å². The fourth-order valence-electron chi connectivity index (χ4n) is 1.59. The molecule has 0 radical (unpaired) electrons. The molecular formula is C10H11NS2. The van der Waals surface area contributed by atoms with Gasteiger partial charge in [-0.2, -0.15) is 0 Å². The SMILES string of the molecule is NC(=S)CC1Cc2ccccc2S1. The van der Waals surface area contributed by atoms with Crippen LogP contribution >= 0.6 is 24.0 Å². The minimum absolute atomic E-state index is 0.565. The monoisotopic (exact) mass is 209 g/mol. The maximum atomic E-state index is 5.53. The molecule has 0 spiro atoms. The third-order valence-electron chi connectivity index (χ3n) is 2.14. The minimum atomic E-state index is 0.565. The molecule has 0 aliphatic carbocycles. The third kappa shape index (κ3) is 2.03. The summed E-state index contributed by atoms with van der Waals surface area (Å²) in [4.78, 5) is 2.02. The summed E-state index contributed by atoms with van der Waals surface area (Å²) in [6, 6.07) is 8.51. The average molecular weight is 209 g/mol. The lowest BCUT2D eigenvalue weighted by atomic mass is 10.1. The molecule has 1 atom stereocenters. The van der Waals surface area contributed by atoms with E-state index in [1.54, 1.807) is 0 Å². The Bertz CT molecular complexity index is 310. The number of hydrogen-bond donors (Lipinski definition) is 1. The normalized spacial score (nSPS) is 19.8. The number of rotatable bonds is 2. The lowest BCUT2D eigenvalue weighted by molar-refractivity contribution is 0.906. The van der Waals surface area contributed by atoms with Gasteiger partial charge in [0.15, 0.2) is 0 Å². The fraction of sp³-hybridized carbons (Fsp3) is 0.300. The van der Waals surface area contributed by atoms with Crippen molar-refractivity contribution in [3.8, 4) is 0 Å². The first-order valence-corrected chi connectivity index (χ1v) is 5.57. The average Bonchev–Trinajstić information content (AvgIpc) is 2.44. The Morgan fingerprint density at radius 3 is 3.00 bits per heavy atom. The Kier molecular flexibility index (Phi) is 2.56. The van der Waals surface area contributed by atoms with Crippen molar-refractivity contribution in [2.24, 2.45) is 5.73 Å². The Labute approximate surface area is 87.7 Å². The van der Waals surface area contributed by atoms with E-state index in [9.17, 15) is 0 Å². The van der Waals surface area contributed by atoms with Crippen LogP contribution in [0.15, 0.2) is 29.2 Å². The zero-order valence-corrected chi connectivity index (χ0v) is 8.83. The van der Waals surface area contributed by atoms with Gasteiger partial charge in [0.05, 0.1) is 4.99 Å². The molecule has 0 aromatic heterocycles. The van der Waals surface area contributed by atoms with E-state index < -0.39 is 0 Å². The van der Waals surface area contributed by atoms with Crippen LogP contribution in [-0.4, -0.2) is 10.2 Å². The van der Waals surface area contributed by atoms with Crippen LogP contribution in [0.2, 0.25) is 0 Å². The van der Waals surface area contributed by atoms with E-state index in [2.05, 4.69) is 24.3 Å². The van der Waals surface area contributed by atoms with Gasteiger partial charge in [-0.05, 0) is 18.1 Å². The van der Waals surface area contributed by atoms with Crippen LogP contribution < -0.4 is 5.73 Å². The summed E-state index contributed by atoms with van der Waals surface area (Å²) < 4.78 is 0. The molecule has 1 unspecified atom stereocenters. The van der Waals surface area contributed by atoms with Crippen molar-refractivity contribution >= 4 is 29.0 Å². The second-order valence-corrected chi connectivity index (χ2v) is 5.09. The number of benzene rings is 1. The van der Waals surface area contributed by atoms with Gasteiger partial charge in [0.2, 0.25) is 0 Å². The van der Waals surface area contributed by atoms with Crippen molar-refractivity contribution in [1.82, 2.24) is 0 Å². The van der Waals surface area contributed by atoms with E-state index in [0.29, 0.717) is 10.2 Å². The maximum absolute atomic E-state index is 5.53. The summed E-state index contributed by atoms with van der Waals surface area (Å²) in [5.74, 6) is 0. The molecule has 1 aromatic rings. The molecule has 3 heteroatoms. The number of thioether (sulfide) groups is 1. The van der Waals surface area contributed by atoms with Crippen molar-refractivity contribution < 1.29 is 0 Å². The fourth-order valence-corrected chi connectivity index (χ4v) is 3.24. The number of thiocarbonyl (C=S) groups is 1. The molecule has 1 aliphatic heterocycles. The molecular weight excluding hydrogens is 198 g/mol. The number of hydrogen-bond acceptors (Lipinski definition) is 2. The molecule has 68 valence electrons. The van der Waals surface area contributed by atoms with Gasteiger partial charge in [-0.15, -0.1) is 11.8 Å². The predicted octanol–water partition coefficient (Wildman–Crippen LogP) is 2.38. The second kappa shape index (κ2) is 3.68. The summed E-state index contributed by atoms with van der Waals surface area (Å²) in [7, 11) is 0. The Balaban J connectivity index is 2.09. The summed E-state index contributed by atoms with van der Waals surface area (Å²) in [5, 5.41) is 0.565. The highest BCUT2D eigenvalue weighted by atomic mass is 32.2. The van der Waals surface area contributed by atoms with Gasteiger partial charge >= 0.3 is 0 Å². The van der Waals surface area contributed by atoms with Crippen LogP contribution in [0.4, 0.5) is 0 Å². The molecule has 2 N–H and O–H groups in total. The first kappa shape index (κ1) is 9.03. The van der Waals surface area contributed by atoms with Gasteiger partial charge in [-0.25, -0.2) is 0 Å². The molecule has 1 nitrogen and oxygen atoms in total. The zero-order chi connectivity index (χ0) is 9.26. The Hall–Kier alpha value is -0.540. The van der Waals surface area contributed by atoms with Crippen molar-refractivity contribution in [2.75, 3.05) is 0 Å². The molecule has 0 saturated carbocycles. The molecule has 0 bridgehead atoms. The van der Waals surface area contributed by atoms with Crippen LogP contribution in [0.25, 0.3) is 0 Å². The van der Waals surface area contributed by atoms with Gasteiger partial charge in [-0.1, -0.05) is 30.4 Å². The van der Waals surface area contributed by atoms with E-state index in [4.69, 9.17) is 18.0 Å². The first-order valence-electron chi connectivity index (χ1n) is 4.28. The van der Waals surface area contributed by atoms with Gasteiger partial charge in [0, 0.05) is 16.6 Å². The quantitative estimate of drug-likeness (QED) is 0.757. The zero-order valence-electron chi connectivity index (χ0n) is 7.19. The van der Waals surface area contributed by atoms with Crippen LogP contribution in [-0.2, 0) is 6.42 Å². The van der Waals surface area contributed by atoms with Crippen LogP contribution in [0.3, 0.4) is 0 Å². The minimum Gasteiger partial charge on any atom is -0.393 e. The lowest BCUT2D eigenvalue weighted by Crippen LogP contribution is -2.15. The summed E-state index contributed by atoms with van der Waals surface area (Å²) in [6.45, 7) is 0. The van der Waals surface area contributed by atoms with Crippen molar-refractivity contribution in [1.29, 1.82) is 0 Å². The van der Waals surface area contributed by atoms with Crippen molar-refractivity contribution in [3.63, 3.8) is 0 Å². The van der Waals surface area contributed by atoms with Crippen LogP contribution in [0, 0.1) is 0 Å². The van der Waals surface area contributed by atoms with Gasteiger partial charge in [-0.3, -0.25) is 0 Å². The lowest BCUT2D eigenvalue weighted by Gasteiger charge is -2.04. The number of fused-ring (bicyclic) bond motifs is 1. The first-order chi connectivity index (χ1) is 6.25. The standard InChI is InChI=1S/C10H11NS2/c11-10(12)6-8-5-7-3-1-2-4-9(7)13-8/h1-4,8H,5-6H2,(H2,11,12). The number of nitrogens with two attached hydrogens (primary N) is 1. The van der Waals surface area contributed by atoms with Crippen LogP contribution in [0.5, 0.6) is 0 Å². The van der Waals surface area contributed by atoms with E-state index >= 15 is 0 Å². The maximum Gasteiger partial charge on any atom is 0.0738 e. The molecule has 0 amide bonds. The largest absolute Gasteiger partial charge is 0.393 e. The topological polar surface area (TPSA) is 26.0 Å². The van der Waals surface area contributed by atoms with Gasteiger partial charge in [0.1, 0.15) is 0 Å². The van der Waals surface area contributed by atoms with Crippen molar-refractivity contribution in [3.05, 3.63) is 29.8 Å². The Morgan fingerprint density at radius 2 is 2.31 bits per heavy atom. The highest BCUT2D eigenvalue weighted by Crippen LogP contribution is 2.38. The van der Waals surface area contributed by atoms with E-state index in [1.165, 1.54) is 10.5 Å². The molecule has 1 heterocycles. The smallest absolute Gasteiger partial charge is 0.0738 e. The molecule has 13 heavy (non-hydrogen) atoms. The van der Waals surface area contributed by atoms with E-state index in [-0.39, 0.29) is 0 Å². The molecule has 0 saturated heterocycles. The third-order valence-corrected chi connectivity index (χ3v) is 3.63. The van der Waals surface area contributed by atoms with Crippen molar-refractivity contribution in [2.45, 2.75) is 23.0 Å². The van der Waals surface area contributed by atoms with Gasteiger partial charge < -0.3 is 5.73 Å². The van der Waals surface area contributed by atoms with E-state index in [1.807, 2.05) is 11.8 Å². The van der Waals surface area contributed by atoms with Gasteiger partial charge in [0.25, 0.3) is 0 Å².